The van der Waals surface area contributed by atoms with E-state index in [1.807, 2.05) is 12.1 Å². The van der Waals surface area contributed by atoms with Crippen molar-refractivity contribution in [1.82, 2.24) is 0 Å². The lowest BCUT2D eigenvalue weighted by atomic mass is 9.80. The van der Waals surface area contributed by atoms with Crippen LogP contribution in [0.1, 0.15) is 37.7 Å². The predicted molar refractivity (Wildman–Crippen MR) is 69.2 cm³/mol. The average molecular weight is 266 g/mol. The van der Waals surface area contributed by atoms with Gasteiger partial charge in [-0.05, 0) is 30.9 Å². The van der Waals surface area contributed by atoms with E-state index in [0.29, 0.717) is 24.2 Å². The van der Waals surface area contributed by atoms with Crippen molar-refractivity contribution >= 4 is 9.84 Å². The quantitative estimate of drug-likeness (QED) is 0.846. The number of rotatable bonds is 1. The molecule has 98 valence electrons. The Labute approximate surface area is 108 Å². The van der Waals surface area contributed by atoms with E-state index in [9.17, 15) is 13.5 Å². The van der Waals surface area contributed by atoms with Gasteiger partial charge in [0.05, 0.1) is 15.7 Å². The number of benzene rings is 1. The highest BCUT2D eigenvalue weighted by Gasteiger charge is 2.49. The monoisotopic (exact) mass is 266 g/mol. The largest absolute Gasteiger partial charge is 0.389 e. The molecule has 1 aliphatic carbocycles. The molecule has 0 saturated heterocycles. The number of sulfone groups is 1. The highest BCUT2D eigenvalue weighted by Crippen LogP contribution is 2.42. The Morgan fingerprint density at radius 1 is 1.11 bits per heavy atom. The number of hydrogen-bond acceptors (Lipinski definition) is 3. The number of fused-ring (bicyclic) bond motifs is 1. The molecular formula is C14H18O3S. The van der Waals surface area contributed by atoms with Crippen LogP contribution in [-0.2, 0) is 16.3 Å². The molecule has 0 unspecified atom stereocenters. The third kappa shape index (κ3) is 1.70. The van der Waals surface area contributed by atoms with E-state index in [4.69, 9.17) is 0 Å². The first-order valence-corrected chi connectivity index (χ1v) is 8.13. The molecule has 1 aromatic carbocycles. The zero-order valence-electron chi connectivity index (χ0n) is 10.3. The van der Waals surface area contributed by atoms with E-state index >= 15 is 0 Å². The summed E-state index contributed by atoms with van der Waals surface area (Å²) in [6, 6.07) is 7.14. The lowest BCUT2D eigenvalue weighted by molar-refractivity contribution is 0.00102. The highest BCUT2D eigenvalue weighted by atomic mass is 32.2. The van der Waals surface area contributed by atoms with E-state index in [0.717, 1.165) is 24.8 Å². The lowest BCUT2D eigenvalue weighted by Crippen LogP contribution is -2.47. The summed E-state index contributed by atoms with van der Waals surface area (Å²) in [5, 5.41) is 10.1. The second-order valence-electron chi connectivity index (χ2n) is 5.51. The van der Waals surface area contributed by atoms with Crippen LogP contribution in [0.5, 0.6) is 0 Å². The Balaban J connectivity index is 2.02. The van der Waals surface area contributed by atoms with E-state index in [1.165, 1.54) is 0 Å². The minimum absolute atomic E-state index is 0.425. The Morgan fingerprint density at radius 3 is 2.44 bits per heavy atom. The Morgan fingerprint density at radius 2 is 1.78 bits per heavy atom. The zero-order chi connectivity index (χ0) is 12.8. The van der Waals surface area contributed by atoms with Crippen LogP contribution in [0.4, 0.5) is 0 Å². The van der Waals surface area contributed by atoms with Crippen molar-refractivity contribution in [2.75, 3.05) is 0 Å². The molecule has 0 spiro atoms. The van der Waals surface area contributed by atoms with E-state index < -0.39 is 20.7 Å². The predicted octanol–water partition coefficient (Wildman–Crippen LogP) is 2.08. The smallest absolute Gasteiger partial charge is 0.184 e. The molecule has 1 N–H and O–H groups in total. The molecule has 0 aromatic heterocycles. The van der Waals surface area contributed by atoms with Gasteiger partial charge in [-0.3, -0.25) is 0 Å². The summed E-state index contributed by atoms with van der Waals surface area (Å²) < 4.78 is 25.1. The minimum atomic E-state index is -3.35. The molecule has 1 atom stereocenters. The summed E-state index contributed by atoms with van der Waals surface area (Å²) in [4.78, 5) is 0.425. The van der Waals surface area contributed by atoms with Gasteiger partial charge in [0.1, 0.15) is 0 Å². The first kappa shape index (κ1) is 12.2. The molecular weight excluding hydrogens is 248 g/mol. The van der Waals surface area contributed by atoms with Crippen molar-refractivity contribution in [3.63, 3.8) is 0 Å². The molecule has 18 heavy (non-hydrogen) atoms. The molecule has 1 fully saturated rings. The van der Waals surface area contributed by atoms with Gasteiger partial charge in [-0.15, -0.1) is 0 Å². The normalized spacial score (nSPS) is 28.8. The maximum atomic E-state index is 12.5. The van der Waals surface area contributed by atoms with E-state index in [2.05, 4.69) is 0 Å². The second-order valence-corrected chi connectivity index (χ2v) is 7.61. The van der Waals surface area contributed by atoms with Gasteiger partial charge in [-0.2, -0.15) is 0 Å². The van der Waals surface area contributed by atoms with Gasteiger partial charge in [-0.25, -0.2) is 8.42 Å². The van der Waals surface area contributed by atoms with Crippen LogP contribution in [0.2, 0.25) is 0 Å². The number of aliphatic hydroxyl groups is 1. The molecule has 1 heterocycles. The summed E-state index contributed by atoms with van der Waals surface area (Å²) >= 11 is 0. The van der Waals surface area contributed by atoms with Gasteiger partial charge in [0.2, 0.25) is 0 Å². The lowest BCUT2D eigenvalue weighted by Gasteiger charge is -2.36. The van der Waals surface area contributed by atoms with Crippen molar-refractivity contribution in [3.8, 4) is 0 Å². The molecule has 1 aliphatic heterocycles. The van der Waals surface area contributed by atoms with Crippen molar-refractivity contribution < 1.29 is 13.5 Å². The fraction of sp³-hybridized carbons (Fsp3) is 0.571. The Bertz CT molecular complexity index is 556. The molecule has 4 heteroatoms. The van der Waals surface area contributed by atoms with Gasteiger partial charge < -0.3 is 5.11 Å². The van der Waals surface area contributed by atoms with Crippen LogP contribution < -0.4 is 0 Å². The molecule has 0 amide bonds. The van der Waals surface area contributed by atoms with Crippen LogP contribution >= 0.6 is 0 Å². The third-order valence-corrected chi connectivity index (χ3v) is 6.74. The molecule has 0 bridgehead atoms. The first-order chi connectivity index (χ1) is 8.54. The van der Waals surface area contributed by atoms with E-state index in [-0.39, 0.29) is 0 Å². The van der Waals surface area contributed by atoms with Crippen LogP contribution in [0.25, 0.3) is 0 Å². The standard InChI is InChI=1S/C14H18O3S/c15-14(8-4-1-5-9-14)13-10-11-6-2-3-7-12(11)18(13,16)17/h2-3,6-7,13,15H,1,4-5,8-10H2/t13-/m1/s1. The molecule has 0 radical (unpaired) electrons. The van der Waals surface area contributed by atoms with Crippen molar-refractivity contribution in [3.05, 3.63) is 29.8 Å². The van der Waals surface area contributed by atoms with Crippen LogP contribution in [0.15, 0.2) is 29.2 Å². The van der Waals surface area contributed by atoms with Gasteiger partial charge in [0, 0.05) is 0 Å². The summed E-state index contributed by atoms with van der Waals surface area (Å²) in [6.45, 7) is 0. The SMILES string of the molecule is O=S1(=O)c2ccccc2C[C@@H]1C1(O)CCCCC1. The fourth-order valence-corrected chi connectivity index (χ4v) is 5.68. The Kier molecular flexibility index (Phi) is 2.75. The van der Waals surface area contributed by atoms with Gasteiger partial charge >= 0.3 is 0 Å². The molecule has 3 nitrogen and oxygen atoms in total. The van der Waals surface area contributed by atoms with Gasteiger partial charge in [0.15, 0.2) is 9.84 Å². The van der Waals surface area contributed by atoms with Crippen LogP contribution in [0.3, 0.4) is 0 Å². The minimum Gasteiger partial charge on any atom is -0.389 e. The topological polar surface area (TPSA) is 54.4 Å². The van der Waals surface area contributed by atoms with Gasteiger partial charge in [-0.1, -0.05) is 37.5 Å². The average Bonchev–Trinajstić information content (AvgIpc) is 2.64. The summed E-state index contributed by atoms with van der Waals surface area (Å²) in [7, 11) is -3.35. The Hall–Kier alpha value is -0.870. The maximum Gasteiger partial charge on any atom is 0.184 e. The third-order valence-electron chi connectivity index (χ3n) is 4.38. The first-order valence-electron chi connectivity index (χ1n) is 6.58. The summed E-state index contributed by atoms with van der Waals surface area (Å²) in [6.07, 6.45) is 4.66. The van der Waals surface area contributed by atoms with Gasteiger partial charge in [0.25, 0.3) is 0 Å². The van der Waals surface area contributed by atoms with Crippen LogP contribution in [-0.4, -0.2) is 24.4 Å². The fourth-order valence-electron chi connectivity index (χ4n) is 3.38. The van der Waals surface area contributed by atoms with E-state index in [1.54, 1.807) is 12.1 Å². The molecule has 1 saturated carbocycles. The van der Waals surface area contributed by atoms with Crippen molar-refractivity contribution in [1.29, 1.82) is 0 Å². The maximum absolute atomic E-state index is 12.5. The molecule has 2 aliphatic rings. The van der Waals surface area contributed by atoms with Crippen LogP contribution in [0, 0.1) is 0 Å². The number of hydrogen-bond donors (Lipinski definition) is 1. The highest BCUT2D eigenvalue weighted by molar-refractivity contribution is 7.92. The molecule has 1 aromatic rings. The zero-order valence-corrected chi connectivity index (χ0v) is 11.1. The van der Waals surface area contributed by atoms with Crippen molar-refractivity contribution in [2.45, 2.75) is 54.3 Å². The molecule has 3 rings (SSSR count). The second kappa shape index (κ2) is 4.07. The summed E-state index contributed by atoms with van der Waals surface area (Å²) in [5.74, 6) is 0. The summed E-state index contributed by atoms with van der Waals surface area (Å²) in [5.41, 5.74) is -0.155. The van der Waals surface area contributed by atoms with Crippen molar-refractivity contribution in [2.24, 2.45) is 0 Å².